The number of hydrogen-bond donors (Lipinski definition) is 1. The maximum absolute atomic E-state index is 12.3. The third-order valence-electron chi connectivity index (χ3n) is 3.86. The number of para-hydroxylation sites is 1. The van der Waals surface area contributed by atoms with Gasteiger partial charge in [0.15, 0.2) is 0 Å². The monoisotopic (exact) mass is 353 g/mol. The van der Waals surface area contributed by atoms with Crippen molar-refractivity contribution in [2.75, 3.05) is 14.2 Å². The average Bonchev–Trinajstić information content (AvgIpc) is 3.18. The van der Waals surface area contributed by atoms with Crippen molar-refractivity contribution in [3.63, 3.8) is 0 Å². The van der Waals surface area contributed by atoms with Crippen molar-refractivity contribution in [2.24, 2.45) is 0 Å². The number of methoxy groups -OCH3 is 2. The Morgan fingerprint density at radius 1 is 1.08 bits per heavy atom. The number of ether oxygens (including phenoxy) is 2. The molecule has 7 nitrogen and oxygen atoms in total. The van der Waals surface area contributed by atoms with Crippen LogP contribution in [0.3, 0.4) is 0 Å². The number of carbonyl (C=O) groups excluding carboxylic acids is 1. The lowest BCUT2D eigenvalue weighted by atomic mass is 10.2. The molecule has 0 aliphatic heterocycles. The summed E-state index contributed by atoms with van der Waals surface area (Å²) in [5.41, 5.74) is 1.24. The van der Waals surface area contributed by atoms with Gasteiger partial charge in [-0.1, -0.05) is 17.3 Å². The Balaban J connectivity index is 1.73. The summed E-state index contributed by atoms with van der Waals surface area (Å²) in [7, 11) is 3.16. The molecule has 1 heterocycles. The quantitative estimate of drug-likeness (QED) is 0.732. The van der Waals surface area contributed by atoms with E-state index >= 15 is 0 Å². The van der Waals surface area contributed by atoms with E-state index in [0.717, 1.165) is 5.56 Å². The highest BCUT2D eigenvalue weighted by molar-refractivity contribution is 5.94. The van der Waals surface area contributed by atoms with Crippen molar-refractivity contribution in [2.45, 2.75) is 13.0 Å². The van der Waals surface area contributed by atoms with Gasteiger partial charge < -0.3 is 19.3 Å². The van der Waals surface area contributed by atoms with E-state index in [0.29, 0.717) is 28.8 Å². The van der Waals surface area contributed by atoms with E-state index < -0.39 is 6.04 Å². The number of carbonyl (C=O) groups is 1. The molecular weight excluding hydrogens is 334 g/mol. The van der Waals surface area contributed by atoms with Gasteiger partial charge in [0.1, 0.15) is 17.5 Å². The van der Waals surface area contributed by atoms with E-state index in [1.165, 1.54) is 0 Å². The fraction of sp³-hybridized carbons (Fsp3) is 0.211. The normalized spacial score (nSPS) is 11.7. The average molecular weight is 353 g/mol. The first-order chi connectivity index (χ1) is 12.6. The fourth-order valence-electron chi connectivity index (χ4n) is 2.43. The SMILES string of the molecule is COc1ccc(C(=O)N[C@H](C)c2nc(-c3ccccc3OC)no2)cc1. The van der Waals surface area contributed by atoms with Gasteiger partial charge in [0.05, 0.1) is 19.8 Å². The third kappa shape index (κ3) is 3.66. The van der Waals surface area contributed by atoms with Crippen molar-refractivity contribution in [3.8, 4) is 22.9 Å². The van der Waals surface area contributed by atoms with Gasteiger partial charge >= 0.3 is 0 Å². The van der Waals surface area contributed by atoms with Crippen LogP contribution in [0.5, 0.6) is 11.5 Å². The summed E-state index contributed by atoms with van der Waals surface area (Å²) in [6.45, 7) is 1.78. The minimum Gasteiger partial charge on any atom is -0.497 e. The van der Waals surface area contributed by atoms with Gasteiger partial charge in [-0.15, -0.1) is 0 Å². The van der Waals surface area contributed by atoms with Crippen LogP contribution >= 0.6 is 0 Å². The number of aromatic nitrogens is 2. The van der Waals surface area contributed by atoms with Crippen molar-refractivity contribution < 1.29 is 18.8 Å². The maximum atomic E-state index is 12.3. The lowest BCUT2D eigenvalue weighted by molar-refractivity contribution is 0.0932. The first kappa shape index (κ1) is 17.5. The molecular formula is C19H19N3O4. The maximum Gasteiger partial charge on any atom is 0.251 e. The molecule has 3 aromatic rings. The Kier molecular flexibility index (Phi) is 5.17. The van der Waals surface area contributed by atoms with Crippen LogP contribution in [0.2, 0.25) is 0 Å². The molecule has 0 aliphatic carbocycles. The van der Waals surface area contributed by atoms with E-state index in [1.54, 1.807) is 45.4 Å². The van der Waals surface area contributed by atoms with Gasteiger partial charge in [0, 0.05) is 5.56 Å². The third-order valence-corrected chi connectivity index (χ3v) is 3.86. The van der Waals surface area contributed by atoms with Gasteiger partial charge in [0.2, 0.25) is 11.7 Å². The molecule has 0 unspecified atom stereocenters. The second-order valence-corrected chi connectivity index (χ2v) is 5.58. The number of hydrogen-bond acceptors (Lipinski definition) is 6. The summed E-state index contributed by atoms with van der Waals surface area (Å²) in [5, 5.41) is 6.82. The Hall–Kier alpha value is -3.35. The first-order valence-corrected chi connectivity index (χ1v) is 8.04. The van der Waals surface area contributed by atoms with Gasteiger partial charge in [-0.2, -0.15) is 4.98 Å². The van der Waals surface area contributed by atoms with E-state index in [-0.39, 0.29) is 5.91 Å². The molecule has 0 saturated carbocycles. The van der Waals surface area contributed by atoms with Crippen LogP contribution in [-0.2, 0) is 0 Å². The molecule has 0 saturated heterocycles. The standard InChI is InChI=1S/C19H19N3O4/c1-12(20-18(23)13-8-10-14(24-2)11-9-13)19-21-17(22-26-19)15-6-4-5-7-16(15)25-3/h4-12H,1-3H3,(H,20,23)/t12-/m1/s1. The molecule has 0 aliphatic rings. The van der Waals surface area contributed by atoms with Crippen molar-refractivity contribution in [1.82, 2.24) is 15.5 Å². The second-order valence-electron chi connectivity index (χ2n) is 5.58. The van der Waals surface area contributed by atoms with Crippen LogP contribution < -0.4 is 14.8 Å². The lowest BCUT2D eigenvalue weighted by Crippen LogP contribution is -2.26. The second kappa shape index (κ2) is 7.69. The molecule has 1 aromatic heterocycles. The highest BCUT2D eigenvalue weighted by atomic mass is 16.5. The minimum atomic E-state index is -0.444. The van der Waals surface area contributed by atoms with Crippen molar-refractivity contribution in [1.29, 1.82) is 0 Å². The molecule has 26 heavy (non-hydrogen) atoms. The largest absolute Gasteiger partial charge is 0.497 e. The van der Waals surface area contributed by atoms with Gasteiger partial charge in [0.25, 0.3) is 5.91 Å². The first-order valence-electron chi connectivity index (χ1n) is 8.04. The van der Waals surface area contributed by atoms with Crippen molar-refractivity contribution >= 4 is 5.91 Å². The number of rotatable bonds is 6. The smallest absolute Gasteiger partial charge is 0.251 e. The van der Waals surface area contributed by atoms with Crippen LogP contribution in [0.15, 0.2) is 53.1 Å². The molecule has 1 atom stereocenters. The van der Waals surface area contributed by atoms with Gasteiger partial charge in [-0.25, -0.2) is 0 Å². The summed E-state index contributed by atoms with van der Waals surface area (Å²) in [6.07, 6.45) is 0. The van der Waals surface area contributed by atoms with Gasteiger partial charge in [-0.3, -0.25) is 4.79 Å². The predicted octanol–water partition coefficient (Wildman–Crippen LogP) is 3.24. The molecule has 0 bridgehead atoms. The molecule has 3 rings (SSSR count). The van der Waals surface area contributed by atoms with E-state index in [1.807, 2.05) is 24.3 Å². The van der Waals surface area contributed by atoms with E-state index in [2.05, 4.69) is 15.5 Å². The molecule has 1 N–H and O–H groups in total. The summed E-state index contributed by atoms with van der Waals surface area (Å²) < 4.78 is 15.7. The van der Waals surface area contributed by atoms with Crippen LogP contribution in [0.4, 0.5) is 0 Å². The summed E-state index contributed by atoms with van der Waals surface area (Å²) in [5.74, 6) is 1.82. The summed E-state index contributed by atoms with van der Waals surface area (Å²) >= 11 is 0. The minimum absolute atomic E-state index is 0.239. The molecule has 7 heteroatoms. The number of benzene rings is 2. The molecule has 0 fully saturated rings. The Labute approximate surface area is 150 Å². The lowest BCUT2D eigenvalue weighted by Gasteiger charge is -2.10. The number of nitrogens with one attached hydrogen (secondary N) is 1. The fourth-order valence-corrected chi connectivity index (χ4v) is 2.43. The zero-order chi connectivity index (χ0) is 18.5. The zero-order valence-corrected chi connectivity index (χ0v) is 14.7. The molecule has 0 radical (unpaired) electrons. The van der Waals surface area contributed by atoms with E-state index in [4.69, 9.17) is 14.0 Å². The topological polar surface area (TPSA) is 86.5 Å². The van der Waals surface area contributed by atoms with Crippen LogP contribution in [-0.4, -0.2) is 30.3 Å². The van der Waals surface area contributed by atoms with Crippen molar-refractivity contribution in [3.05, 3.63) is 60.0 Å². The van der Waals surface area contributed by atoms with E-state index in [9.17, 15) is 4.79 Å². The molecule has 0 spiro atoms. The molecule has 134 valence electrons. The highest BCUT2D eigenvalue weighted by Gasteiger charge is 2.19. The Morgan fingerprint density at radius 3 is 2.50 bits per heavy atom. The van der Waals surface area contributed by atoms with Crippen LogP contribution in [0.1, 0.15) is 29.2 Å². The Morgan fingerprint density at radius 2 is 1.81 bits per heavy atom. The zero-order valence-electron chi connectivity index (χ0n) is 14.7. The van der Waals surface area contributed by atoms with Crippen LogP contribution in [0.25, 0.3) is 11.4 Å². The number of nitrogens with zero attached hydrogens (tertiary/aromatic N) is 2. The number of amides is 1. The summed E-state index contributed by atoms with van der Waals surface area (Å²) in [6, 6.07) is 13.8. The highest BCUT2D eigenvalue weighted by Crippen LogP contribution is 2.28. The predicted molar refractivity (Wildman–Crippen MR) is 95.2 cm³/mol. The Bertz CT molecular complexity index is 890. The van der Waals surface area contributed by atoms with Crippen LogP contribution in [0, 0.1) is 0 Å². The summed E-state index contributed by atoms with van der Waals surface area (Å²) in [4.78, 5) is 16.7. The molecule has 2 aromatic carbocycles. The molecule has 1 amide bonds. The van der Waals surface area contributed by atoms with Gasteiger partial charge in [-0.05, 0) is 43.3 Å².